The van der Waals surface area contributed by atoms with Crippen LogP contribution in [-0.4, -0.2) is 6.26 Å². The maximum absolute atomic E-state index is 2.18. The van der Waals surface area contributed by atoms with Crippen LogP contribution in [0.3, 0.4) is 0 Å². The van der Waals surface area contributed by atoms with Crippen molar-refractivity contribution in [2.75, 3.05) is 6.26 Å². The predicted molar refractivity (Wildman–Crippen MR) is 107 cm³/mol. The summed E-state index contributed by atoms with van der Waals surface area (Å²) in [6.07, 6.45) is 39.3. The minimum absolute atomic E-state index is 0. The molecule has 0 aromatic heterocycles. The van der Waals surface area contributed by atoms with Gasteiger partial charge in [-0.1, -0.05) is 0 Å². The Kier molecular flexibility index (Phi) is 18.2. The van der Waals surface area contributed by atoms with Crippen LogP contribution in [0.25, 0.3) is 0 Å². The van der Waals surface area contributed by atoms with Crippen molar-refractivity contribution in [3.63, 3.8) is 0 Å². The molecule has 0 N–H and O–H groups in total. The number of hydrogen-bond donors (Lipinski definition) is 0. The van der Waals surface area contributed by atoms with E-state index in [1.807, 2.05) is 75.6 Å². The van der Waals surface area contributed by atoms with E-state index in [1.165, 1.54) is 27.5 Å². The van der Waals surface area contributed by atoms with Crippen LogP contribution >= 0.6 is 0 Å². The molecule has 142 valence electrons. The first-order valence-corrected chi connectivity index (χ1v) is 9.58. The average molecular weight is 580 g/mol. The van der Waals surface area contributed by atoms with Gasteiger partial charge in [-0.3, -0.25) is 0 Å². The second-order valence-corrected chi connectivity index (χ2v) is 6.37. The minimum atomic E-state index is 0. The van der Waals surface area contributed by atoms with Crippen LogP contribution in [-0.2, 0) is 45.5 Å². The molecule has 0 saturated heterocycles. The van der Waals surface area contributed by atoms with Gasteiger partial charge in [0.1, 0.15) is 0 Å². The van der Waals surface area contributed by atoms with Gasteiger partial charge in [-0.2, -0.15) is 0 Å². The molecule has 0 bridgehead atoms. The fraction of sp³-hybridized carbons (Fsp3) is 0.0417. The van der Waals surface area contributed by atoms with Gasteiger partial charge in [-0.25, -0.2) is 0 Å². The van der Waals surface area contributed by atoms with Crippen molar-refractivity contribution in [3.05, 3.63) is 143 Å². The Hall–Kier alpha value is 1.60. The normalized spacial score (nSPS) is 21.6. The molecule has 1 aromatic rings. The summed E-state index contributed by atoms with van der Waals surface area (Å²) in [7, 11) is 0. The first kappa shape index (κ1) is 29.6. The summed E-state index contributed by atoms with van der Waals surface area (Å²) in [5, 5.41) is 0. The molecule has 20 radical (unpaired) electrons. The summed E-state index contributed by atoms with van der Waals surface area (Å²) >= 11 is 1.85. The smallest absolute Gasteiger partial charge is 1.00 e. The minimum Gasteiger partial charge on any atom is -1.00 e. The van der Waals surface area contributed by atoms with Crippen LogP contribution in [0.1, 0.15) is 11.1 Å². The van der Waals surface area contributed by atoms with E-state index in [2.05, 4.69) is 57.6 Å². The molecule has 4 aliphatic carbocycles. The van der Waals surface area contributed by atoms with Gasteiger partial charge < -0.3 is 24.0 Å². The van der Waals surface area contributed by atoms with Crippen LogP contribution in [0.2, 0.25) is 0 Å². The molecule has 4 heteroatoms. The van der Waals surface area contributed by atoms with Crippen LogP contribution in [0.15, 0.2) is 0 Å². The van der Waals surface area contributed by atoms with Crippen LogP contribution in [0.5, 0.6) is 0 Å². The van der Waals surface area contributed by atoms with Gasteiger partial charge in [-0.05, 0) is 116 Å². The Morgan fingerprint density at radius 3 is 0.929 bits per heavy atom. The van der Waals surface area contributed by atoms with E-state index < -0.39 is 0 Å². The number of rotatable bonds is 2. The second-order valence-electron chi connectivity index (χ2n) is 5.55. The van der Waals surface area contributed by atoms with Crippen molar-refractivity contribution >= 4 is 11.4 Å². The maximum atomic E-state index is 2.18. The molecule has 5 rings (SSSR count). The standard InChI is InChI=1S/C14H11S.2C5H5.2Fe.HI/c1-15-14-12(10-6-2-3-7-10)13(14)11-8-4-5-9-11;2*1-2-4-5-3-1;;;/h2-9H,1H3;2*1-5H;;;1H/q+1;;;2*+2;/p-1. The first-order chi connectivity index (χ1) is 12.4. The van der Waals surface area contributed by atoms with E-state index in [9.17, 15) is 0 Å². The average Bonchev–Trinajstić information content (AvgIpc) is 3.37. The fourth-order valence-electron chi connectivity index (χ4n) is 2.65. The second kappa shape index (κ2) is 17.2. The molecule has 0 amide bonds. The molecule has 0 unspecified atom stereocenters. The zero-order chi connectivity index (χ0) is 17.3. The third-order valence-corrected chi connectivity index (χ3v) is 4.68. The van der Waals surface area contributed by atoms with Gasteiger partial charge in [0, 0.05) is 23.0 Å². The molecule has 0 aliphatic heterocycles. The van der Waals surface area contributed by atoms with Gasteiger partial charge in [0.15, 0.2) is 17.6 Å². The summed E-state index contributed by atoms with van der Waals surface area (Å²) in [5.41, 5.74) is 2.89. The molecule has 0 nitrogen and oxygen atoms in total. The Morgan fingerprint density at radius 2 is 0.714 bits per heavy atom. The topological polar surface area (TPSA) is 0 Å². The molecule has 1 aromatic carbocycles. The Bertz CT molecular complexity index is 445. The summed E-state index contributed by atoms with van der Waals surface area (Å²) in [6, 6.07) is 0. The van der Waals surface area contributed by atoms with Gasteiger partial charge in [-0.15, -0.1) is 0 Å². The summed E-state index contributed by atoms with van der Waals surface area (Å²) < 4.78 is 1.45. The van der Waals surface area contributed by atoms with Gasteiger partial charge in [0.05, 0.1) is 0 Å². The summed E-state index contributed by atoms with van der Waals surface area (Å²) in [6.45, 7) is 0. The fourth-order valence-corrected chi connectivity index (χ4v) is 3.45. The third-order valence-electron chi connectivity index (χ3n) is 3.86. The molecule has 4 aliphatic rings. The SMILES string of the molecule is C[S+]=c1c([C]2[CH][CH][CH][CH]2)c1[C]1[CH][CH][CH][CH]1.[CH]1[CH][CH][CH][CH]1.[CH]1[CH][CH][CH][CH]1.[Fe+2].[Fe+2].[I-]. The monoisotopic (exact) mass is 580 g/mol. The molecule has 0 heterocycles. The van der Waals surface area contributed by atoms with Crippen molar-refractivity contribution in [2.24, 2.45) is 0 Å². The zero-order valence-corrected chi connectivity index (χ0v) is 20.6. The largest absolute Gasteiger partial charge is 2.00 e. The molecule has 4 saturated carbocycles. The molecule has 28 heavy (non-hydrogen) atoms. The molecule has 0 atom stereocenters. The summed E-state index contributed by atoms with van der Waals surface area (Å²) in [4.78, 5) is 0. The van der Waals surface area contributed by atoms with E-state index >= 15 is 0 Å². The van der Waals surface area contributed by atoms with Gasteiger partial charge in [0.25, 0.3) is 0 Å². The molecular weight excluding hydrogens is 559 g/mol. The van der Waals surface area contributed by atoms with E-state index in [4.69, 9.17) is 0 Å². The number of halogens is 1. The van der Waals surface area contributed by atoms with Gasteiger partial charge in [0.2, 0.25) is 4.51 Å². The van der Waals surface area contributed by atoms with Crippen LogP contribution in [0, 0.1) is 132 Å². The van der Waals surface area contributed by atoms with Crippen molar-refractivity contribution in [1.29, 1.82) is 0 Å². The quantitative estimate of drug-likeness (QED) is 0.215. The summed E-state index contributed by atoms with van der Waals surface area (Å²) in [5.74, 6) is 2.71. The van der Waals surface area contributed by atoms with Crippen molar-refractivity contribution in [1.82, 2.24) is 0 Å². The van der Waals surface area contributed by atoms with Crippen LogP contribution < -0.4 is 24.0 Å². The Balaban J connectivity index is 0.000000470. The van der Waals surface area contributed by atoms with E-state index in [-0.39, 0.29) is 58.1 Å². The number of hydrogen-bond acceptors (Lipinski definition) is 0. The first-order valence-electron chi connectivity index (χ1n) is 8.35. The van der Waals surface area contributed by atoms with E-state index in [0.29, 0.717) is 0 Å². The van der Waals surface area contributed by atoms with Crippen LogP contribution in [0.4, 0.5) is 0 Å². The predicted octanol–water partition coefficient (Wildman–Crippen LogP) is 1.36. The maximum Gasteiger partial charge on any atom is 2.00 e. The van der Waals surface area contributed by atoms with Crippen molar-refractivity contribution in [2.45, 2.75) is 0 Å². The van der Waals surface area contributed by atoms with Crippen molar-refractivity contribution in [3.8, 4) is 0 Å². The van der Waals surface area contributed by atoms with E-state index in [1.54, 1.807) is 0 Å². The zero-order valence-electron chi connectivity index (χ0n) is 15.4. The van der Waals surface area contributed by atoms with Crippen molar-refractivity contribution < 1.29 is 58.1 Å². The third kappa shape index (κ3) is 9.39. The molecule has 0 spiro atoms. The molecule has 4 fully saturated rings. The Labute approximate surface area is 217 Å². The Morgan fingerprint density at radius 1 is 0.464 bits per heavy atom. The van der Waals surface area contributed by atoms with E-state index in [0.717, 1.165) is 0 Å². The molecular formula is C24H21Fe2IS+4. The van der Waals surface area contributed by atoms with Gasteiger partial charge >= 0.3 is 34.1 Å².